The Balaban J connectivity index is 1.82. The topological polar surface area (TPSA) is 23.6 Å². The van der Waals surface area contributed by atoms with Gasteiger partial charge in [0.2, 0.25) is 5.91 Å². The van der Waals surface area contributed by atoms with Crippen molar-refractivity contribution in [3.63, 3.8) is 0 Å². The largest absolute Gasteiger partial charge is 0.341 e. The van der Waals surface area contributed by atoms with E-state index >= 15 is 0 Å². The minimum atomic E-state index is 0.325. The summed E-state index contributed by atoms with van der Waals surface area (Å²) in [6.07, 6.45) is 4.66. The molecule has 2 heterocycles. The number of amides is 1. The van der Waals surface area contributed by atoms with E-state index < -0.39 is 0 Å². The quantitative estimate of drug-likeness (QED) is 0.790. The van der Waals surface area contributed by atoms with Crippen LogP contribution in [0.15, 0.2) is 0 Å². The molecule has 0 aromatic rings. The highest BCUT2D eigenvalue weighted by atomic mass is 32.1. The maximum absolute atomic E-state index is 11.9. The summed E-state index contributed by atoms with van der Waals surface area (Å²) >= 11 is 4.31. The number of likely N-dealkylation sites (tertiary alicyclic amines) is 2. The lowest BCUT2D eigenvalue weighted by Crippen LogP contribution is -2.47. The summed E-state index contributed by atoms with van der Waals surface area (Å²) in [6.45, 7) is 7.49. The number of piperidine rings is 1. The van der Waals surface area contributed by atoms with Crippen molar-refractivity contribution in [2.45, 2.75) is 51.6 Å². The van der Waals surface area contributed by atoms with Crippen LogP contribution in [0.25, 0.3) is 0 Å². The Bertz CT molecular complexity index is 288. The van der Waals surface area contributed by atoms with E-state index in [-0.39, 0.29) is 0 Å². The zero-order valence-corrected chi connectivity index (χ0v) is 12.5. The Kier molecular flexibility index (Phi) is 4.96. The minimum Gasteiger partial charge on any atom is -0.341 e. The van der Waals surface area contributed by atoms with Crippen molar-refractivity contribution in [2.75, 3.05) is 25.4 Å². The third-order valence-electron chi connectivity index (χ3n) is 4.56. The van der Waals surface area contributed by atoms with Gasteiger partial charge in [-0.2, -0.15) is 12.6 Å². The second-order valence-corrected chi connectivity index (χ2v) is 6.32. The summed E-state index contributed by atoms with van der Waals surface area (Å²) in [6, 6.07) is 1.35. The first-order valence-electron chi connectivity index (χ1n) is 7.26. The van der Waals surface area contributed by atoms with Crippen LogP contribution in [-0.2, 0) is 4.79 Å². The average molecular weight is 270 g/mol. The van der Waals surface area contributed by atoms with E-state index in [1.54, 1.807) is 0 Å². The van der Waals surface area contributed by atoms with Crippen molar-refractivity contribution >= 4 is 18.5 Å². The lowest BCUT2D eigenvalue weighted by molar-refractivity contribution is -0.128. The molecule has 2 aliphatic heterocycles. The SMILES string of the molecule is CC1CCCC(C)N1CCN1CC(CS)CC1=O. The van der Waals surface area contributed by atoms with Gasteiger partial charge in [-0.3, -0.25) is 9.69 Å². The molecule has 0 saturated carbocycles. The van der Waals surface area contributed by atoms with Crippen LogP contribution in [0, 0.1) is 5.92 Å². The number of rotatable bonds is 4. The van der Waals surface area contributed by atoms with E-state index in [1.165, 1.54) is 19.3 Å². The van der Waals surface area contributed by atoms with E-state index in [1.807, 2.05) is 4.90 Å². The number of hydrogen-bond donors (Lipinski definition) is 1. The van der Waals surface area contributed by atoms with Gasteiger partial charge in [0, 0.05) is 38.1 Å². The van der Waals surface area contributed by atoms with Gasteiger partial charge in [-0.1, -0.05) is 6.42 Å². The van der Waals surface area contributed by atoms with Crippen LogP contribution >= 0.6 is 12.6 Å². The molecule has 104 valence electrons. The Hall–Kier alpha value is -0.220. The molecule has 0 bridgehead atoms. The molecule has 3 nitrogen and oxygen atoms in total. The fourth-order valence-electron chi connectivity index (χ4n) is 3.34. The third kappa shape index (κ3) is 3.21. The number of hydrogen-bond acceptors (Lipinski definition) is 3. The molecule has 2 saturated heterocycles. The smallest absolute Gasteiger partial charge is 0.222 e. The standard InChI is InChI=1S/C14H26N2OS/c1-11-4-3-5-12(2)16(11)7-6-15-9-13(10-18)8-14(15)17/h11-13,18H,3-10H2,1-2H3. The third-order valence-corrected chi connectivity index (χ3v) is 5.07. The van der Waals surface area contributed by atoms with Crippen LogP contribution in [0.5, 0.6) is 0 Å². The van der Waals surface area contributed by atoms with Crippen LogP contribution in [0.3, 0.4) is 0 Å². The van der Waals surface area contributed by atoms with Gasteiger partial charge < -0.3 is 4.90 Å². The molecule has 2 aliphatic rings. The first-order valence-corrected chi connectivity index (χ1v) is 7.89. The number of thiol groups is 1. The lowest BCUT2D eigenvalue weighted by Gasteiger charge is -2.39. The molecular weight excluding hydrogens is 244 g/mol. The van der Waals surface area contributed by atoms with Crippen molar-refractivity contribution < 1.29 is 4.79 Å². The van der Waals surface area contributed by atoms with Crippen molar-refractivity contribution in [1.29, 1.82) is 0 Å². The Labute approximate surface area is 116 Å². The van der Waals surface area contributed by atoms with E-state index in [4.69, 9.17) is 0 Å². The zero-order chi connectivity index (χ0) is 13.1. The van der Waals surface area contributed by atoms with Crippen LogP contribution in [-0.4, -0.2) is 53.2 Å². The van der Waals surface area contributed by atoms with Crippen molar-refractivity contribution in [3.05, 3.63) is 0 Å². The van der Waals surface area contributed by atoms with Crippen LogP contribution in [0.1, 0.15) is 39.5 Å². The van der Waals surface area contributed by atoms with Gasteiger partial charge >= 0.3 is 0 Å². The maximum atomic E-state index is 11.9. The van der Waals surface area contributed by atoms with Gasteiger partial charge in [-0.05, 0) is 38.4 Å². The molecule has 1 amide bonds. The Morgan fingerprint density at radius 3 is 2.44 bits per heavy atom. The Morgan fingerprint density at radius 2 is 1.89 bits per heavy atom. The monoisotopic (exact) mass is 270 g/mol. The molecule has 2 rings (SSSR count). The fourth-order valence-corrected chi connectivity index (χ4v) is 3.59. The van der Waals surface area contributed by atoms with Gasteiger partial charge in [0.05, 0.1) is 0 Å². The molecule has 0 aliphatic carbocycles. The molecule has 2 fully saturated rings. The van der Waals surface area contributed by atoms with E-state index in [9.17, 15) is 4.79 Å². The van der Waals surface area contributed by atoms with Gasteiger partial charge in [-0.25, -0.2) is 0 Å². The maximum Gasteiger partial charge on any atom is 0.222 e. The number of carbonyl (C=O) groups excluding carboxylic acids is 1. The predicted octanol–water partition coefficient (Wildman–Crippen LogP) is 2.03. The fraction of sp³-hybridized carbons (Fsp3) is 0.929. The van der Waals surface area contributed by atoms with E-state index in [0.29, 0.717) is 30.3 Å². The minimum absolute atomic E-state index is 0.325. The second-order valence-electron chi connectivity index (χ2n) is 5.96. The number of nitrogens with zero attached hydrogens (tertiary/aromatic N) is 2. The molecule has 4 heteroatoms. The summed E-state index contributed by atoms with van der Waals surface area (Å²) in [5.74, 6) is 1.63. The Morgan fingerprint density at radius 1 is 1.22 bits per heavy atom. The second kappa shape index (κ2) is 6.29. The highest BCUT2D eigenvalue weighted by Crippen LogP contribution is 2.23. The first-order chi connectivity index (χ1) is 8.61. The highest BCUT2D eigenvalue weighted by molar-refractivity contribution is 7.80. The van der Waals surface area contributed by atoms with Gasteiger partial charge in [0.15, 0.2) is 0 Å². The summed E-state index contributed by atoms with van der Waals surface area (Å²) in [5, 5.41) is 0. The van der Waals surface area contributed by atoms with Crippen molar-refractivity contribution in [2.24, 2.45) is 5.92 Å². The molecule has 0 spiro atoms. The average Bonchev–Trinajstić information content (AvgIpc) is 2.70. The van der Waals surface area contributed by atoms with Crippen molar-refractivity contribution in [1.82, 2.24) is 9.80 Å². The predicted molar refractivity (Wildman–Crippen MR) is 78.0 cm³/mol. The highest BCUT2D eigenvalue weighted by Gasteiger charge is 2.30. The molecule has 3 unspecified atom stereocenters. The van der Waals surface area contributed by atoms with Crippen LogP contribution < -0.4 is 0 Å². The van der Waals surface area contributed by atoms with Crippen LogP contribution in [0.2, 0.25) is 0 Å². The first kappa shape index (κ1) is 14.2. The summed E-state index contributed by atoms with van der Waals surface area (Å²) in [5.41, 5.74) is 0. The number of carbonyl (C=O) groups is 1. The summed E-state index contributed by atoms with van der Waals surface area (Å²) < 4.78 is 0. The van der Waals surface area contributed by atoms with E-state index in [0.717, 1.165) is 25.4 Å². The van der Waals surface area contributed by atoms with E-state index in [2.05, 4.69) is 31.4 Å². The summed E-state index contributed by atoms with van der Waals surface area (Å²) in [4.78, 5) is 16.5. The normalized spacial score (nSPS) is 34.3. The lowest BCUT2D eigenvalue weighted by atomic mass is 9.97. The molecule has 0 radical (unpaired) electrons. The van der Waals surface area contributed by atoms with Crippen molar-refractivity contribution in [3.8, 4) is 0 Å². The molecule has 0 aromatic carbocycles. The molecule has 0 N–H and O–H groups in total. The van der Waals surface area contributed by atoms with Gasteiger partial charge in [-0.15, -0.1) is 0 Å². The zero-order valence-electron chi connectivity index (χ0n) is 11.6. The van der Waals surface area contributed by atoms with Crippen LogP contribution in [0.4, 0.5) is 0 Å². The molecule has 3 atom stereocenters. The summed E-state index contributed by atoms with van der Waals surface area (Å²) in [7, 11) is 0. The van der Waals surface area contributed by atoms with Gasteiger partial charge in [0.25, 0.3) is 0 Å². The van der Waals surface area contributed by atoms with Gasteiger partial charge in [0.1, 0.15) is 0 Å². The molecule has 0 aromatic heterocycles. The molecular formula is C14H26N2OS. The molecule has 18 heavy (non-hydrogen) atoms.